The van der Waals surface area contributed by atoms with Gasteiger partial charge in [0.1, 0.15) is 0 Å². The molecule has 2 nitrogen and oxygen atoms in total. The maximum absolute atomic E-state index is 12.8. The molecule has 6 heteroatoms. The first-order chi connectivity index (χ1) is 9.89. The van der Waals surface area contributed by atoms with E-state index in [1.807, 2.05) is 6.07 Å². The molecule has 0 aliphatic rings. The van der Waals surface area contributed by atoms with E-state index in [2.05, 4.69) is 21.2 Å². The third-order valence-electron chi connectivity index (χ3n) is 2.87. The monoisotopic (exact) mass is 357 g/mol. The molecule has 0 heterocycles. The molecule has 21 heavy (non-hydrogen) atoms. The normalized spacial score (nSPS) is 11.2. The summed E-state index contributed by atoms with van der Waals surface area (Å²) in [5.41, 5.74) is -0.526. The number of carbonyl (C=O) groups excluding carboxylic acids is 1. The molecule has 1 N–H and O–H groups in total. The van der Waals surface area contributed by atoms with Crippen molar-refractivity contribution in [1.29, 1.82) is 0 Å². The Balaban J connectivity index is 2.17. The predicted molar refractivity (Wildman–Crippen MR) is 76.8 cm³/mol. The summed E-state index contributed by atoms with van der Waals surface area (Å²) in [7, 11) is 0. The number of nitrogens with one attached hydrogen (secondary N) is 1. The van der Waals surface area contributed by atoms with E-state index in [1.165, 1.54) is 12.1 Å². The molecule has 2 aromatic carbocycles. The molecular formula is C15H11BrF3NO. The van der Waals surface area contributed by atoms with Gasteiger partial charge in [0, 0.05) is 11.0 Å². The van der Waals surface area contributed by atoms with Crippen LogP contribution >= 0.6 is 15.9 Å². The van der Waals surface area contributed by atoms with Crippen molar-refractivity contribution < 1.29 is 18.0 Å². The molecule has 0 saturated carbocycles. The van der Waals surface area contributed by atoms with Crippen molar-refractivity contribution in [3.8, 4) is 0 Å². The molecule has 0 fully saturated rings. The number of carbonyl (C=O) groups is 1. The van der Waals surface area contributed by atoms with Crippen LogP contribution in [0.15, 0.2) is 53.0 Å². The zero-order chi connectivity index (χ0) is 15.5. The van der Waals surface area contributed by atoms with E-state index in [-0.39, 0.29) is 12.1 Å². The highest BCUT2D eigenvalue weighted by Gasteiger charge is 2.34. The van der Waals surface area contributed by atoms with Crippen molar-refractivity contribution in [2.24, 2.45) is 0 Å². The van der Waals surface area contributed by atoms with Gasteiger partial charge in [0.2, 0.25) is 0 Å². The number of hydrogen-bond donors (Lipinski definition) is 1. The van der Waals surface area contributed by atoms with Gasteiger partial charge in [0.05, 0.1) is 11.1 Å². The largest absolute Gasteiger partial charge is 0.417 e. The summed E-state index contributed by atoms with van der Waals surface area (Å²) in [5, 5.41) is 2.50. The van der Waals surface area contributed by atoms with Crippen molar-refractivity contribution in [2.45, 2.75) is 12.7 Å². The second-order valence-electron chi connectivity index (χ2n) is 4.32. The average Bonchev–Trinajstić information content (AvgIpc) is 2.45. The number of rotatable bonds is 3. The van der Waals surface area contributed by atoms with Crippen molar-refractivity contribution in [2.75, 3.05) is 0 Å². The Kier molecular flexibility index (Phi) is 4.67. The number of benzene rings is 2. The fraction of sp³-hybridized carbons (Fsp3) is 0.133. The minimum Gasteiger partial charge on any atom is -0.348 e. The lowest BCUT2D eigenvalue weighted by molar-refractivity contribution is -0.137. The van der Waals surface area contributed by atoms with Crippen LogP contribution in [-0.2, 0) is 12.7 Å². The van der Waals surface area contributed by atoms with Crippen molar-refractivity contribution >= 4 is 21.8 Å². The van der Waals surface area contributed by atoms with E-state index in [9.17, 15) is 18.0 Å². The molecule has 2 aromatic rings. The maximum atomic E-state index is 12.8. The number of alkyl halides is 3. The fourth-order valence-corrected chi connectivity index (χ4v) is 2.27. The first-order valence-corrected chi connectivity index (χ1v) is 6.86. The Morgan fingerprint density at radius 1 is 1.05 bits per heavy atom. The van der Waals surface area contributed by atoms with Gasteiger partial charge >= 0.3 is 6.18 Å². The lowest BCUT2D eigenvalue weighted by atomic mass is 10.1. The van der Waals surface area contributed by atoms with E-state index in [0.717, 1.165) is 22.2 Å². The number of hydrogen-bond acceptors (Lipinski definition) is 1. The van der Waals surface area contributed by atoms with Crippen LogP contribution in [0.3, 0.4) is 0 Å². The van der Waals surface area contributed by atoms with E-state index in [4.69, 9.17) is 0 Å². The second kappa shape index (κ2) is 6.30. The summed E-state index contributed by atoms with van der Waals surface area (Å²) in [6.45, 7) is 0.145. The zero-order valence-electron chi connectivity index (χ0n) is 10.7. The molecule has 0 aromatic heterocycles. The quantitative estimate of drug-likeness (QED) is 0.866. The van der Waals surface area contributed by atoms with Gasteiger partial charge in [-0.1, -0.05) is 46.3 Å². The van der Waals surface area contributed by atoms with Gasteiger partial charge in [0.25, 0.3) is 5.91 Å². The summed E-state index contributed by atoms with van der Waals surface area (Å²) in [5.74, 6) is -0.751. The molecule has 2 rings (SSSR count). The standard InChI is InChI=1S/C15H11BrF3NO/c16-13-8-4-1-5-10(13)9-20-14(21)11-6-2-3-7-12(11)15(17,18)19/h1-8H,9H2,(H,20,21). The summed E-state index contributed by atoms with van der Waals surface area (Å²) >= 11 is 3.32. The van der Waals surface area contributed by atoms with Gasteiger partial charge in [-0.2, -0.15) is 13.2 Å². The lowest BCUT2D eigenvalue weighted by Crippen LogP contribution is -2.26. The highest BCUT2D eigenvalue weighted by molar-refractivity contribution is 9.10. The summed E-state index contributed by atoms with van der Waals surface area (Å²) in [6, 6.07) is 11.9. The van der Waals surface area contributed by atoms with Crippen LogP contribution in [0.25, 0.3) is 0 Å². The number of amides is 1. The maximum Gasteiger partial charge on any atom is 0.417 e. The zero-order valence-corrected chi connectivity index (χ0v) is 12.3. The van der Waals surface area contributed by atoms with E-state index in [0.29, 0.717) is 0 Å². The summed E-state index contributed by atoms with van der Waals surface area (Å²) in [6.07, 6.45) is -4.55. The molecule has 0 atom stereocenters. The Morgan fingerprint density at radius 2 is 1.67 bits per heavy atom. The molecule has 1 amide bonds. The third-order valence-corrected chi connectivity index (χ3v) is 3.65. The Hall–Kier alpha value is -1.82. The molecule has 110 valence electrons. The predicted octanol–water partition coefficient (Wildman–Crippen LogP) is 4.40. The first kappa shape index (κ1) is 15.6. The van der Waals surface area contributed by atoms with Gasteiger partial charge < -0.3 is 5.32 Å². The lowest BCUT2D eigenvalue weighted by Gasteiger charge is -2.13. The minimum absolute atomic E-state index is 0.145. The smallest absolute Gasteiger partial charge is 0.348 e. The highest BCUT2D eigenvalue weighted by Crippen LogP contribution is 2.31. The summed E-state index contributed by atoms with van der Waals surface area (Å²) < 4.78 is 39.3. The van der Waals surface area contributed by atoms with Crippen molar-refractivity contribution in [3.63, 3.8) is 0 Å². The molecular weight excluding hydrogens is 347 g/mol. The van der Waals surface area contributed by atoms with Crippen LogP contribution in [0.4, 0.5) is 13.2 Å². The third kappa shape index (κ3) is 3.85. The highest BCUT2D eigenvalue weighted by atomic mass is 79.9. The average molecular weight is 358 g/mol. The fourth-order valence-electron chi connectivity index (χ4n) is 1.84. The first-order valence-electron chi connectivity index (χ1n) is 6.07. The summed E-state index contributed by atoms with van der Waals surface area (Å²) in [4.78, 5) is 12.0. The van der Waals surface area contributed by atoms with Crippen LogP contribution in [0, 0.1) is 0 Å². The molecule has 0 saturated heterocycles. The van der Waals surface area contributed by atoms with Gasteiger partial charge in [-0.15, -0.1) is 0 Å². The molecule has 0 bridgehead atoms. The Morgan fingerprint density at radius 3 is 2.33 bits per heavy atom. The SMILES string of the molecule is O=C(NCc1ccccc1Br)c1ccccc1C(F)(F)F. The minimum atomic E-state index is -4.55. The second-order valence-corrected chi connectivity index (χ2v) is 5.17. The Labute approximate surface area is 128 Å². The van der Waals surface area contributed by atoms with Gasteiger partial charge in [-0.3, -0.25) is 4.79 Å². The van der Waals surface area contributed by atoms with Crippen LogP contribution in [0.1, 0.15) is 21.5 Å². The Bertz CT molecular complexity index is 655. The van der Waals surface area contributed by atoms with Gasteiger partial charge in [-0.05, 0) is 23.8 Å². The van der Waals surface area contributed by atoms with Gasteiger partial charge in [0.15, 0.2) is 0 Å². The van der Waals surface area contributed by atoms with Crippen LogP contribution < -0.4 is 5.32 Å². The molecule has 0 radical (unpaired) electrons. The van der Waals surface area contributed by atoms with E-state index in [1.54, 1.807) is 18.2 Å². The molecule has 0 aliphatic heterocycles. The van der Waals surface area contributed by atoms with E-state index >= 15 is 0 Å². The van der Waals surface area contributed by atoms with Gasteiger partial charge in [-0.25, -0.2) is 0 Å². The molecule has 0 aliphatic carbocycles. The van der Waals surface area contributed by atoms with E-state index < -0.39 is 17.6 Å². The van der Waals surface area contributed by atoms with Crippen LogP contribution in [0.2, 0.25) is 0 Å². The molecule has 0 unspecified atom stereocenters. The molecule has 0 spiro atoms. The van der Waals surface area contributed by atoms with Crippen molar-refractivity contribution in [1.82, 2.24) is 5.32 Å². The van der Waals surface area contributed by atoms with Crippen molar-refractivity contribution in [3.05, 3.63) is 69.7 Å². The number of halogens is 4. The van der Waals surface area contributed by atoms with Crippen LogP contribution in [0.5, 0.6) is 0 Å². The topological polar surface area (TPSA) is 29.1 Å². The van der Waals surface area contributed by atoms with Crippen LogP contribution in [-0.4, -0.2) is 5.91 Å².